The van der Waals surface area contributed by atoms with Crippen LogP contribution in [0.4, 0.5) is 0 Å². The summed E-state index contributed by atoms with van der Waals surface area (Å²) in [6, 6.07) is 6.24. The molecule has 15 heteroatoms. The zero-order chi connectivity index (χ0) is 34.5. The molecule has 14 nitrogen and oxygen atoms in total. The molecule has 0 fully saturated rings. The van der Waals surface area contributed by atoms with Crippen molar-refractivity contribution in [3.63, 3.8) is 0 Å². The highest BCUT2D eigenvalue weighted by Gasteiger charge is 2.32. The smallest absolute Gasteiger partial charge is 0.356 e. The first kappa shape index (κ1) is 38.5. The van der Waals surface area contributed by atoms with Gasteiger partial charge in [0.1, 0.15) is 11.5 Å². The van der Waals surface area contributed by atoms with E-state index in [-0.39, 0.29) is 35.9 Å². The first-order valence-electron chi connectivity index (χ1n) is 15.2. The molecule has 2 atom stereocenters. The van der Waals surface area contributed by atoms with Gasteiger partial charge in [-0.05, 0) is 70.9 Å². The van der Waals surface area contributed by atoms with E-state index in [1.54, 1.807) is 34.6 Å². The van der Waals surface area contributed by atoms with Crippen LogP contribution in [-0.4, -0.2) is 65.2 Å². The molecule has 0 aliphatic carbocycles. The van der Waals surface area contributed by atoms with Crippen molar-refractivity contribution in [3.8, 4) is 17.1 Å². The second-order valence-electron chi connectivity index (χ2n) is 11.6. The van der Waals surface area contributed by atoms with E-state index in [4.69, 9.17) is 18.7 Å². The van der Waals surface area contributed by atoms with Gasteiger partial charge in [-0.2, -0.15) is 0 Å². The number of esters is 1. The summed E-state index contributed by atoms with van der Waals surface area (Å²) in [4.78, 5) is 74.9. The van der Waals surface area contributed by atoms with E-state index >= 15 is 0 Å². The Morgan fingerprint density at radius 3 is 2.37 bits per heavy atom. The minimum absolute atomic E-state index is 0.0972. The molecule has 0 bridgehead atoms. The summed E-state index contributed by atoms with van der Waals surface area (Å²) in [6.07, 6.45) is 3.76. The second-order valence-corrected chi connectivity index (χ2v) is 13.2. The molecule has 0 spiro atoms. The number of unbranched alkanes of at least 4 members (excludes halogenated alkanes) is 2. The predicted octanol–water partition coefficient (Wildman–Crippen LogP) is 3.86. The fourth-order valence-electron chi connectivity index (χ4n) is 4.50. The van der Waals surface area contributed by atoms with Crippen LogP contribution in [-0.2, 0) is 28.5 Å². The molecule has 1 aromatic carbocycles. The zero-order valence-electron chi connectivity index (χ0n) is 27.2. The van der Waals surface area contributed by atoms with E-state index in [1.807, 2.05) is 6.92 Å². The number of ether oxygens (including phenoxy) is 2. The molecule has 46 heavy (non-hydrogen) atoms. The van der Waals surface area contributed by atoms with Crippen molar-refractivity contribution in [3.05, 3.63) is 36.1 Å². The number of furan rings is 1. The highest BCUT2D eigenvalue weighted by atomic mass is 31.2. The lowest BCUT2D eigenvalue weighted by molar-refractivity contribution is -0.236. The monoisotopic (exact) mass is 667 g/mol. The molecule has 0 aliphatic heterocycles. The number of hydrogen-bond donors (Lipinski definition) is 4. The summed E-state index contributed by atoms with van der Waals surface area (Å²) >= 11 is 0. The molecule has 0 saturated heterocycles. The molecule has 256 valence electrons. The molecular weight excluding hydrogens is 621 g/mol. The summed E-state index contributed by atoms with van der Waals surface area (Å²) in [5.74, 6) is -1.94. The van der Waals surface area contributed by atoms with Gasteiger partial charge in [0.05, 0.1) is 36.0 Å². The molecule has 0 aliphatic rings. The third kappa shape index (κ3) is 11.6. The first-order chi connectivity index (χ1) is 21.7. The van der Waals surface area contributed by atoms with Gasteiger partial charge in [-0.25, -0.2) is 9.90 Å². The van der Waals surface area contributed by atoms with Crippen LogP contribution < -0.4 is 20.7 Å². The topological polar surface area (TPSA) is 194 Å². The fraction of sp³-hybridized carbons (Fsp3) is 0.548. The number of rotatable bonds is 19. The van der Waals surface area contributed by atoms with Gasteiger partial charge in [0.25, 0.3) is 5.91 Å². The molecule has 1 heterocycles. The van der Waals surface area contributed by atoms with Gasteiger partial charge in [0, 0.05) is 5.56 Å². The van der Waals surface area contributed by atoms with Gasteiger partial charge < -0.3 is 34.3 Å². The minimum atomic E-state index is -4.60. The van der Waals surface area contributed by atoms with Crippen molar-refractivity contribution in [2.24, 2.45) is 11.3 Å². The van der Waals surface area contributed by atoms with Crippen LogP contribution in [0.2, 0.25) is 0 Å². The van der Waals surface area contributed by atoms with Crippen LogP contribution in [0.3, 0.4) is 0 Å². The van der Waals surface area contributed by atoms with Crippen LogP contribution in [0.1, 0.15) is 84.2 Å². The summed E-state index contributed by atoms with van der Waals surface area (Å²) in [5, 5.41) is 5.97. The predicted molar refractivity (Wildman–Crippen MR) is 169 cm³/mol. The number of nitrogens with one attached hydrogen (secondary N) is 2. The van der Waals surface area contributed by atoms with Gasteiger partial charge in [-0.15, -0.1) is 0 Å². The fourth-order valence-corrected chi connectivity index (χ4v) is 5.11. The molecule has 3 amide bonds. The molecule has 1 aromatic heterocycles. The third-order valence-electron chi connectivity index (χ3n) is 6.94. The minimum Gasteiger partial charge on any atom is -0.494 e. The molecule has 2 rings (SSSR count). The van der Waals surface area contributed by atoms with Crippen molar-refractivity contribution in [1.82, 2.24) is 15.7 Å². The van der Waals surface area contributed by atoms with Crippen molar-refractivity contribution < 1.29 is 52.3 Å². The number of carbonyl (C=O) groups is 4. The Bertz CT molecular complexity index is 1370. The van der Waals surface area contributed by atoms with Crippen molar-refractivity contribution in [2.45, 2.75) is 79.7 Å². The van der Waals surface area contributed by atoms with Crippen molar-refractivity contribution in [2.75, 3.05) is 20.1 Å². The lowest BCUT2D eigenvalue weighted by atomic mass is 9.90. The van der Waals surface area contributed by atoms with Crippen LogP contribution in [0.25, 0.3) is 11.3 Å². The van der Waals surface area contributed by atoms with E-state index in [0.717, 1.165) is 17.9 Å². The average Bonchev–Trinajstić information content (AvgIpc) is 3.49. The summed E-state index contributed by atoms with van der Waals surface area (Å²) < 4.78 is 28.0. The van der Waals surface area contributed by atoms with Gasteiger partial charge in [-0.3, -0.25) is 23.7 Å². The SMILES string of the molecule is CCCCCC(C(=O)NCNC(=O)c1ccc(-c2cc(OCC)cc(P(=O)(O)O)c2)o1)C(CC)N(C=O)OCOC(=O)C(C)(C)C. The third-order valence-corrected chi connectivity index (χ3v) is 7.87. The molecule has 4 N–H and O–H groups in total. The number of benzene rings is 1. The molecule has 0 saturated carbocycles. The molecular formula is C31H46N3O11P. The Balaban J connectivity index is 2.10. The number of carbonyl (C=O) groups excluding carboxylic acids is 4. The Labute approximate surface area is 269 Å². The lowest BCUT2D eigenvalue weighted by Gasteiger charge is -2.32. The second kappa shape index (κ2) is 17.8. The maximum Gasteiger partial charge on any atom is 0.356 e. The maximum atomic E-state index is 13.3. The highest BCUT2D eigenvalue weighted by molar-refractivity contribution is 7.60. The first-order valence-corrected chi connectivity index (χ1v) is 16.8. The lowest BCUT2D eigenvalue weighted by Crippen LogP contribution is -2.48. The van der Waals surface area contributed by atoms with Gasteiger partial charge in [0.15, 0.2) is 5.76 Å². The van der Waals surface area contributed by atoms with Crippen LogP contribution in [0, 0.1) is 11.3 Å². The summed E-state index contributed by atoms with van der Waals surface area (Å²) in [7, 11) is -4.60. The Morgan fingerprint density at radius 2 is 1.78 bits per heavy atom. The van der Waals surface area contributed by atoms with Crippen LogP contribution >= 0.6 is 7.60 Å². The van der Waals surface area contributed by atoms with Crippen molar-refractivity contribution >= 4 is 37.1 Å². The van der Waals surface area contributed by atoms with E-state index in [0.29, 0.717) is 31.2 Å². The molecule has 2 unspecified atom stereocenters. The quantitative estimate of drug-likeness (QED) is 0.0424. The number of hydrogen-bond acceptors (Lipinski definition) is 9. The Morgan fingerprint density at radius 1 is 1.07 bits per heavy atom. The van der Waals surface area contributed by atoms with Gasteiger partial charge >= 0.3 is 13.6 Å². The summed E-state index contributed by atoms with van der Waals surface area (Å²) in [6.45, 7) is 10.1. The molecule has 0 radical (unpaired) electrons. The number of nitrogens with zero attached hydrogens (tertiary/aromatic N) is 1. The maximum absolute atomic E-state index is 13.3. The van der Waals surface area contributed by atoms with Crippen LogP contribution in [0.5, 0.6) is 5.75 Å². The largest absolute Gasteiger partial charge is 0.494 e. The van der Waals surface area contributed by atoms with E-state index < -0.39 is 49.5 Å². The van der Waals surface area contributed by atoms with Crippen molar-refractivity contribution in [1.29, 1.82) is 0 Å². The molecule has 2 aromatic rings. The Kier molecular flexibility index (Phi) is 14.9. The van der Waals surface area contributed by atoms with E-state index in [2.05, 4.69) is 10.6 Å². The van der Waals surface area contributed by atoms with E-state index in [1.165, 1.54) is 30.3 Å². The van der Waals surface area contributed by atoms with Gasteiger partial charge in [-0.1, -0.05) is 33.1 Å². The normalized spacial score (nSPS) is 13.0. The summed E-state index contributed by atoms with van der Waals surface area (Å²) in [5.41, 5.74) is -0.458. The van der Waals surface area contributed by atoms with E-state index in [9.17, 15) is 33.5 Å². The zero-order valence-corrected chi connectivity index (χ0v) is 28.1. The average molecular weight is 668 g/mol. The Hall–Kier alpha value is -3.71. The number of hydroxylamine groups is 2. The number of amides is 3. The standard InChI is InChI=1S/C31H46N3O11P/c1-7-10-11-12-24(25(8-2)34(19-35)44-20-43-30(38)31(4,5)6)28(36)32-18-33-29(37)27-14-13-26(45-27)21-15-22(42-9-3)17-23(16-21)46(39,40)41/h13-17,19,24-25H,7-12,18,20H2,1-6H3,(H,32,36)(H,33,37)(H2,39,40,41). The highest BCUT2D eigenvalue weighted by Crippen LogP contribution is 2.37. The van der Waals surface area contributed by atoms with Gasteiger partial charge in [0.2, 0.25) is 19.1 Å². The van der Waals surface area contributed by atoms with Crippen LogP contribution in [0.15, 0.2) is 34.7 Å².